The Morgan fingerprint density at radius 2 is 1.87 bits per heavy atom. The Morgan fingerprint density at radius 1 is 1.09 bits per heavy atom. The van der Waals surface area contributed by atoms with Crippen molar-refractivity contribution in [1.29, 1.82) is 0 Å². The minimum Gasteiger partial charge on any atom is -0.394 e. The molecule has 1 unspecified atom stereocenters. The summed E-state index contributed by atoms with van der Waals surface area (Å²) in [6.07, 6.45) is 2.48. The van der Waals surface area contributed by atoms with E-state index in [2.05, 4.69) is 15.0 Å². The maximum Gasteiger partial charge on any atom is 0.168 e. The van der Waals surface area contributed by atoms with Crippen LogP contribution in [0.3, 0.4) is 0 Å². The highest BCUT2D eigenvalue weighted by atomic mass is 16.6. The zero-order chi connectivity index (χ0) is 16.0. The van der Waals surface area contributed by atoms with E-state index < -0.39 is 24.5 Å². The van der Waals surface area contributed by atoms with Gasteiger partial charge >= 0.3 is 0 Å². The van der Waals surface area contributed by atoms with Crippen LogP contribution in [0.15, 0.2) is 37.2 Å². The van der Waals surface area contributed by atoms with E-state index >= 15 is 0 Å². The molecule has 1 aliphatic rings. The Bertz CT molecular complexity index is 818. The molecule has 0 radical (unpaired) electrons. The molecule has 4 atom stereocenters. The summed E-state index contributed by atoms with van der Waals surface area (Å²) in [7, 11) is 0. The summed E-state index contributed by atoms with van der Waals surface area (Å²) in [5, 5.41) is 29.3. The average Bonchev–Trinajstić information content (AvgIpc) is 3.28. The van der Waals surface area contributed by atoms with Crippen LogP contribution in [0.1, 0.15) is 6.23 Å². The van der Waals surface area contributed by atoms with Gasteiger partial charge in [0.25, 0.3) is 0 Å². The summed E-state index contributed by atoms with van der Waals surface area (Å²) in [5.41, 5.74) is 1.01. The fraction of sp³-hybridized carbons (Fsp3) is 0.357. The summed E-state index contributed by atoms with van der Waals surface area (Å²) in [6, 6.07) is 3.74. The van der Waals surface area contributed by atoms with Gasteiger partial charge in [0.2, 0.25) is 0 Å². The smallest absolute Gasteiger partial charge is 0.168 e. The van der Waals surface area contributed by atoms with Gasteiger partial charge in [-0.25, -0.2) is 15.0 Å². The zero-order valence-corrected chi connectivity index (χ0v) is 12.0. The molecular formula is C14H15N5O4. The summed E-state index contributed by atoms with van der Waals surface area (Å²) < 4.78 is 8.86. The number of hydrogen-bond donors (Lipinski definition) is 3. The highest BCUT2D eigenvalue weighted by Crippen LogP contribution is 2.31. The van der Waals surface area contributed by atoms with Crippen molar-refractivity contribution in [3.63, 3.8) is 0 Å². The molecular weight excluding hydrogens is 302 g/mol. The van der Waals surface area contributed by atoms with Crippen LogP contribution in [-0.2, 0) is 4.74 Å². The summed E-state index contributed by atoms with van der Waals surface area (Å²) in [6.45, 7) is -0.384. The Balaban J connectivity index is 1.80. The van der Waals surface area contributed by atoms with Gasteiger partial charge in [0, 0.05) is 12.4 Å². The van der Waals surface area contributed by atoms with Crippen LogP contribution in [0.25, 0.3) is 17.0 Å². The Kier molecular flexibility index (Phi) is 3.34. The second-order valence-corrected chi connectivity index (χ2v) is 5.34. The van der Waals surface area contributed by atoms with Crippen LogP contribution < -0.4 is 0 Å². The van der Waals surface area contributed by atoms with Crippen molar-refractivity contribution in [2.75, 3.05) is 6.61 Å². The van der Waals surface area contributed by atoms with E-state index in [4.69, 9.17) is 4.74 Å². The molecule has 1 fully saturated rings. The summed E-state index contributed by atoms with van der Waals surface area (Å²) in [4.78, 5) is 12.8. The van der Waals surface area contributed by atoms with E-state index in [-0.39, 0.29) is 6.61 Å². The number of aliphatic hydroxyl groups is 3. The average molecular weight is 317 g/mol. The number of rotatable bonds is 3. The minimum absolute atomic E-state index is 0.384. The molecule has 0 aliphatic carbocycles. The molecule has 120 valence electrons. The molecule has 0 aromatic carbocycles. The highest BCUT2D eigenvalue weighted by molar-refractivity contribution is 5.78. The molecule has 3 N–H and O–H groups in total. The number of aliphatic hydroxyl groups excluding tert-OH is 3. The third-order valence-electron chi connectivity index (χ3n) is 3.98. The van der Waals surface area contributed by atoms with Crippen LogP contribution in [0.5, 0.6) is 0 Å². The van der Waals surface area contributed by atoms with Gasteiger partial charge in [-0.05, 0) is 12.1 Å². The topological polar surface area (TPSA) is 118 Å². The van der Waals surface area contributed by atoms with Gasteiger partial charge in [-0.2, -0.15) is 0 Å². The van der Waals surface area contributed by atoms with Crippen molar-refractivity contribution in [3.8, 4) is 5.82 Å². The van der Waals surface area contributed by atoms with Crippen molar-refractivity contribution in [2.24, 2.45) is 0 Å². The lowest BCUT2D eigenvalue weighted by molar-refractivity contribution is -0.0511. The normalized spacial score (nSPS) is 27.8. The lowest BCUT2D eigenvalue weighted by Gasteiger charge is -2.16. The molecule has 23 heavy (non-hydrogen) atoms. The number of aromatic nitrogens is 5. The summed E-state index contributed by atoms with van der Waals surface area (Å²) >= 11 is 0. The van der Waals surface area contributed by atoms with Crippen LogP contribution in [-0.4, -0.2) is 64.3 Å². The van der Waals surface area contributed by atoms with Gasteiger partial charge in [0.05, 0.1) is 12.9 Å². The molecule has 4 rings (SSSR count). The first-order valence-corrected chi connectivity index (χ1v) is 7.14. The maximum absolute atomic E-state index is 10.2. The SMILES string of the molecule is OC[C@H]1OC(n2cnc3c(-n4cccc4)ncnc32)[C@@H](O)[C@@H]1O. The Hall–Kier alpha value is -2.33. The number of hydrogen-bond acceptors (Lipinski definition) is 7. The Labute approximate surface area is 130 Å². The molecule has 0 saturated carbocycles. The van der Waals surface area contributed by atoms with Crippen molar-refractivity contribution in [2.45, 2.75) is 24.5 Å². The van der Waals surface area contributed by atoms with Crippen molar-refractivity contribution in [3.05, 3.63) is 37.2 Å². The van der Waals surface area contributed by atoms with Crippen molar-refractivity contribution in [1.82, 2.24) is 24.1 Å². The highest BCUT2D eigenvalue weighted by Gasteiger charge is 2.44. The van der Waals surface area contributed by atoms with Crippen molar-refractivity contribution >= 4 is 11.2 Å². The van der Waals surface area contributed by atoms with Gasteiger partial charge in [-0.3, -0.25) is 4.57 Å². The summed E-state index contributed by atoms with van der Waals surface area (Å²) in [5.74, 6) is 0.602. The van der Waals surface area contributed by atoms with E-state index in [0.29, 0.717) is 17.0 Å². The number of nitrogens with zero attached hydrogens (tertiary/aromatic N) is 5. The second kappa shape index (κ2) is 5.39. The van der Waals surface area contributed by atoms with E-state index in [0.717, 1.165) is 0 Å². The molecule has 0 bridgehead atoms. The van der Waals surface area contributed by atoms with E-state index in [9.17, 15) is 15.3 Å². The first-order valence-electron chi connectivity index (χ1n) is 7.14. The predicted octanol–water partition coefficient (Wildman–Crippen LogP) is -0.772. The first kappa shape index (κ1) is 14.3. The molecule has 0 amide bonds. The van der Waals surface area contributed by atoms with E-state index in [1.165, 1.54) is 17.2 Å². The minimum atomic E-state index is -1.19. The third-order valence-corrected chi connectivity index (χ3v) is 3.98. The molecule has 9 nitrogen and oxygen atoms in total. The molecule has 4 heterocycles. The first-order chi connectivity index (χ1) is 11.2. The third kappa shape index (κ3) is 2.13. The molecule has 9 heteroatoms. The lowest BCUT2D eigenvalue weighted by atomic mass is 10.1. The van der Waals surface area contributed by atoms with Crippen LogP contribution in [0, 0.1) is 0 Å². The Morgan fingerprint density at radius 3 is 2.57 bits per heavy atom. The molecule has 3 aromatic heterocycles. The van der Waals surface area contributed by atoms with E-state index in [1.54, 1.807) is 4.57 Å². The fourth-order valence-electron chi connectivity index (χ4n) is 2.80. The maximum atomic E-state index is 10.2. The van der Waals surface area contributed by atoms with Crippen LogP contribution in [0.2, 0.25) is 0 Å². The number of fused-ring (bicyclic) bond motifs is 1. The lowest BCUT2D eigenvalue weighted by Crippen LogP contribution is -2.33. The van der Waals surface area contributed by atoms with Crippen molar-refractivity contribution < 1.29 is 20.1 Å². The fourth-order valence-corrected chi connectivity index (χ4v) is 2.80. The molecule has 1 saturated heterocycles. The number of ether oxygens (including phenoxy) is 1. The van der Waals surface area contributed by atoms with Gasteiger partial charge < -0.3 is 24.6 Å². The second-order valence-electron chi connectivity index (χ2n) is 5.34. The van der Waals surface area contributed by atoms with E-state index in [1.807, 2.05) is 24.5 Å². The monoisotopic (exact) mass is 317 g/mol. The standard InChI is InChI=1S/C14H15N5O4/c20-5-8-10(21)11(22)14(23-8)19-7-17-9-12(15-6-16-13(9)19)18-3-1-2-4-18/h1-4,6-8,10-11,14,20-22H,5H2/t8-,10-,11+,14?/m1/s1. The quantitative estimate of drug-likeness (QED) is 0.580. The van der Waals surface area contributed by atoms with Gasteiger partial charge in [0.15, 0.2) is 23.2 Å². The molecule has 3 aromatic rings. The van der Waals surface area contributed by atoms with Crippen LogP contribution in [0.4, 0.5) is 0 Å². The van der Waals surface area contributed by atoms with Gasteiger partial charge in [0.1, 0.15) is 24.6 Å². The predicted molar refractivity (Wildman–Crippen MR) is 77.7 cm³/mol. The van der Waals surface area contributed by atoms with Gasteiger partial charge in [-0.15, -0.1) is 0 Å². The van der Waals surface area contributed by atoms with Gasteiger partial charge in [-0.1, -0.05) is 0 Å². The zero-order valence-electron chi connectivity index (χ0n) is 12.0. The molecule has 1 aliphatic heterocycles. The molecule has 0 spiro atoms. The number of imidazole rings is 1. The largest absolute Gasteiger partial charge is 0.394 e. The van der Waals surface area contributed by atoms with Crippen LogP contribution >= 0.6 is 0 Å².